The number of fused-ring (bicyclic) bond motifs is 8. The highest BCUT2D eigenvalue weighted by Gasteiger charge is 2.38. The molecule has 7 heteroatoms. The summed E-state index contributed by atoms with van der Waals surface area (Å²) in [7, 11) is 0. The maximum atomic E-state index is 5.62. The molecule has 8 aromatic carbocycles. The zero-order valence-corrected chi connectivity index (χ0v) is 35.7. The van der Waals surface area contributed by atoms with Gasteiger partial charge in [0.15, 0.2) is 0 Å². The van der Waals surface area contributed by atoms with Crippen LogP contribution >= 0.6 is 0 Å². The van der Waals surface area contributed by atoms with E-state index in [9.17, 15) is 0 Å². The van der Waals surface area contributed by atoms with Gasteiger partial charge in [0, 0.05) is 61.3 Å². The first kappa shape index (κ1) is 36.9. The second-order valence-electron chi connectivity index (χ2n) is 17.0. The van der Waals surface area contributed by atoms with Crippen molar-refractivity contribution in [2.45, 2.75) is 27.7 Å². The van der Waals surface area contributed by atoms with Gasteiger partial charge in [0.25, 0.3) is 0 Å². The number of hydrogen-bond donors (Lipinski definition) is 0. The summed E-state index contributed by atoms with van der Waals surface area (Å²) in [5.41, 5.74) is 19.4. The van der Waals surface area contributed by atoms with Crippen molar-refractivity contribution >= 4 is 95.9 Å². The molecule has 0 spiro atoms. The molecule has 6 nitrogen and oxygen atoms in total. The van der Waals surface area contributed by atoms with Gasteiger partial charge in [-0.3, -0.25) is 4.90 Å². The summed E-state index contributed by atoms with van der Waals surface area (Å²) >= 11 is 0. The Hall–Kier alpha value is -7.90. The average molecular weight is 811 g/mol. The van der Waals surface area contributed by atoms with E-state index in [2.05, 4.69) is 216 Å². The Morgan fingerprint density at radius 2 is 0.937 bits per heavy atom. The third kappa shape index (κ3) is 5.73. The van der Waals surface area contributed by atoms with Gasteiger partial charge in [-0.05, 0) is 129 Å². The van der Waals surface area contributed by atoms with Gasteiger partial charge in [0.1, 0.15) is 5.52 Å². The molecule has 0 radical (unpaired) electrons. The molecule has 12 rings (SSSR count). The minimum absolute atomic E-state index is 0.172. The molecule has 3 aromatic heterocycles. The van der Waals surface area contributed by atoms with Crippen LogP contribution in [0.25, 0.3) is 49.4 Å². The van der Waals surface area contributed by atoms with E-state index in [0.717, 1.165) is 56.1 Å². The lowest BCUT2D eigenvalue weighted by atomic mass is 9.48. The topological polar surface area (TPSA) is 42.1 Å². The number of rotatable bonds is 7. The first-order chi connectivity index (χ1) is 30.9. The molecule has 0 saturated carbocycles. The zero-order chi connectivity index (χ0) is 42.3. The van der Waals surface area contributed by atoms with Crippen molar-refractivity contribution in [2.24, 2.45) is 0 Å². The van der Waals surface area contributed by atoms with E-state index in [4.69, 9.17) is 9.97 Å². The normalized spacial score (nSPS) is 12.1. The zero-order valence-electron chi connectivity index (χ0n) is 35.7. The van der Waals surface area contributed by atoms with Gasteiger partial charge in [0.2, 0.25) is 5.95 Å². The molecule has 0 amide bonds. The minimum Gasteiger partial charge on any atom is -0.375 e. The van der Waals surface area contributed by atoms with Crippen LogP contribution in [0.2, 0.25) is 0 Å². The first-order valence-electron chi connectivity index (χ1n) is 21.7. The van der Waals surface area contributed by atoms with E-state index in [1.54, 1.807) is 0 Å². The molecule has 0 unspecified atom stereocenters. The molecule has 0 bridgehead atoms. The molecular formula is C56H43BN6. The maximum Gasteiger partial charge on any atom is 0.332 e. The van der Waals surface area contributed by atoms with Crippen molar-refractivity contribution in [1.82, 2.24) is 19.0 Å². The van der Waals surface area contributed by atoms with E-state index in [1.165, 1.54) is 55.0 Å². The molecule has 0 fully saturated rings. The summed E-state index contributed by atoms with van der Waals surface area (Å²) < 4.78 is 5.08. The van der Waals surface area contributed by atoms with E-state index in [0.29, 0.717) is 5.95 Å². The Morgan fingerprint density at radius 3 is 1.48 bits per heavy atom. The molecule has 1 aliphatic rings. The predicted molar refractivity (Wildman–Crippen MR) is 265 cm³/mol. The summed E-state index contributed by atoms with van der Waals surface area (Å²) in [6.45, 7) is 8.81. The highest BCUT2D eigenvalue weighted by Crippen LogP contribution is 2.43. The lowest BCUT2D eigenvalue weighted by Gasteiger charge is -2.31. The van der Waals surface area contributed by atoms with Gasteiger partial charge in [-0.25, -0.2) is 9.97 Å². The molecule has 1 aliphatic heterocycles. The fraction of sp³-hybridized carbons (Fsp3) is 0.0714. The van der Waals surface area contributed by atoms with E-state index in [-0.39, 0.29) is 6.85 Å². The highest BCUT2D eigenvalue weighted by atomic mass is 15.3. The Bertz CT molecular complexity index is 3420. The molecule has 11 aromatic rings. The van der Waals surface area contributed by atoms with Gasteiger partial charge >= 0.3 is 6.85 Å². The van der Waals surface area contributed by atoms with Gasteiger partial charge < -0.3 is 13.9 Å². The predicted octanol–water partition coefficient (Wildman–Crippen LogP) is 12.8. The molecule has 0 N–H and O–H groups in total. The lowest BCUT2D eigenvalue weighted by Crippen LogP contribution is -2.53. The summed E-state index contributed by atoms with van der Waals surface area (Å²) in [4.78, 5) is 15.4. The Morgan fingerprint density at radius 1 is 0.444 bits per heavy atom. The Labute approximate surface area is 367 Å². The summed E-state index contributed by atoms with van der Waals surface area (Å²) in [5.74, 6) is 0.609. The number of para-hydroxylation sites is 5. The van der Waals surface area contributed by atoms with Crippen LogP contribution in [-0.4, -0.2) is 25.9 Å². The lowest BCUT2D eigenvalue weighted by molar-refractivity contribution is 1.09. The standard InChI is InChI=1S/C56H43BN6/c1-36-29-38(3)53-45(31-36)46-32-37(2)30-39(4)54(46)63(53)57-48-27-17-18-28-50(48)62-51-35-58-56(61(42-23-13-7-14-24-42)43-25-15-8-16-26-43)59-52(51)47-33-44(34-49(57)55(47)62)60(40-19-9-5-10-20-40)41-21-11-6-12-22-41/h5-35H,1-4H3. The fourth-order valence-electron chi connectivity index (χ4n) is 10.5. The van der Waals surface area contributed by atoms with E-state index in [1.807, 2.05) is 18.3 Å². The molecule has 0 aliphatic carbocycles. The highest BCUT2D eigenvalue weighted by molar-refractivity contribution is 6.88. The summed E-state index contributed by atoms with van der Waals surface area (Å²) in [6.07, 6.45) is 2.03. The van der Waals surface area contributed by atoms with Crippen LogP contribution in [0, 0.1) is 27.7 Å². The SMILES string of the molecule is Cc1cc(C)c2c(c1)c1cc(C)cc(C)c1n2B1c2ccccc2-n2c3cnc(N(c4ccccc4)c4ccccc4)nc3c3cc(N(c4ccccc4)c4ccccc4)cc1c32. The van der Waals surface area contributed by atoms with Crippen molar-refractivity contribution < 1.29 is 0 Å². The van der Waals surface area contributed by atoms with Gasteiger partial charge in [-0.1, -0.05) is 114 Å². The number of benzene rings is 8. The monoisotopic (exact) mass is 810 g/mol. The number of nitrogens with zero attached hydrogens (tertiary/aromatic N) is 6. The van der Waals surface area contributed by atoms with E-state index < -0.39 is 0 Å². The second kappa shape index (κ2) is 14.4. The van der Waals surface area contributed by atoms with Crippen molar-refractivity contribution in [1.29, 1.82) is 0 Å². The average Bonchev–Trinajstić information content (AvgIpc) is 3.81. The third-order valence-electron chi connectivity index (χ3n) is 12.8. The third-order valence-corrected chi connectivity index (χ3v) is 12.8. The van der Waals surface area contributed by atoms with Crippen molar-refractivity contribution in [3.05, 3.63) is 210 Å². The molecule has 0 atom stereocenters. The molecule has 4 heterocycles. The Kier molecular flexibility index (Phi) is 8.41. The summed E-state index contributed by atoms with van der Waals surface area (Å²) in [6, 6.07) is 65.4. The number of aryl methyl sites for hydroxylation is 4. The maximum absolute atomic E-state index is 5.62. The van der Waals surface area contributed by atoms with Gasteiger partial charge in [-0.15, -0.1) is 0 Å². The van der Waals surface area contributed by atoms with Crippen LogP contribution < -0.4 is 20.7 Å². The molecular weight excluding hydrogens is 767 g/mol. The quantitative estimate of drug-likeness (QED) is 0.150. The van der Waals surface area contributed by atoms with Crippen LogP contribution in [0.15, 0.2) is 188 Å². The largest absolute Gasteiger partial charge is 0.375 e. The fourth-order valence-corrected chi connectivity index (χ4v) is 10.5. The van der Waals surface area contributed by atoms with Gasteiger partial charge in [0.05, 0.1) is 17.2 Å². The smallest absolute Gasteiger partial charge is 0.332 e. The van der Waals surface area contributed by atoms with Crippen molar-refractivity contribution in [3.8, 4) is 5.69 Å². The molecule has 300 valence electrons. The van der Waals surface area contributed by atoms with Crippen LogP contribution in [0.5, 0.6) is 0 Å². The number of anilines is 6. The van der Waals surface area contributed by atoms with Crippen LogP contribution in [0.3, 0.4) is 0 Å². The van der Waals surface area contributed by atoms with E-state index >= 15 is 0 Å². The number of aromatic nitrogens is 4. The van der Waals surface area contributed by atoms with Crippen LogP contribution in [-0.2, 0) is 0 Å². The molecule has 0 saturated heterocycles. The first-order valence-corrected chi connectivity index (χ1v) is 21.7. The van der Waals surface area contributed by atoms with Gasteiger partial charge in [-0.2, -0.15) is 0 Å². The van der Waals surface area contributed by atoms with Crippen LogP contribution in [0.1, 0.15) is 22.3 Å². The Balaban J connectivity index is 1.24. The van der Waals surface area contributed by atoms with Crippen LogP contribution in [0.4, 0.5) is 34.4 Å². The second-order valence-corrected chi connectivity index (χ2v) is 17.0. The number of hydrogen-bond acceptors (Lipinski definition) is 4. The molecule has 63 heavy (non-hydrogen) atoms. The van der Waals surface area contributed by atoms with Crippen molar-refractivity contribution in [3.63, 3.8) is 0 Å². The minimum atomic E-state index is -0.172. The summed E-state index contributed by atoms with van der Waals surface area (Å²) in [5, 5.41) is 3.65. The van der Waals surface area contributed by atoms with Crippen molar-refractivity contribution in [2.75, 3.05) is 9.80 Å².